The van der Waals surface area contributed by atoms with E-state index in [4.69, 9.17) is 0 Å². The Balaban J connectivity index is 1.45. The molecule has 0 radical (unpaired) electrons. The van der Waals surface area contributed by atoms with Crippen LogP contribution in [-0.2, 0) is 18.3 Å². The molecule has 168 valence electrons. The highest BCUT2D eigenvalue weighted by atomic mass is 32.2. The van der Waals surface area contributed by atoms with E-state index in [0.29, 0.717) is 23.1 Å². The van der Waals surface area contributed by atoms with Crippen molar-refractivity contribution in [2.24, 2.45) is 7.05 Å². The molecule has 10 heteroatoms. The molecule has 2 aromatic carbocycles. The van der Waals surface area contributed by atoms with Crippen molar-refractivity contribution in [3.05, 3.63) is 76.2 Å². The van der Waals surface area contributed by atoms with Crippen LogP contribution in [0.4, 0.5) is 5.69 Å². The lowest BCUT2D eigenvalue weighted by Gasteiger charge is -2.21. The van der Waals surface area contributed by atoms with Gasteiger partial charge in [-0.2, -0.15) is 4.68 Å². The molecule has 1 atom stereocenters. The minimum Gasteiger partial charge on any atom is -0.311 e. The minimum atomic E-state index is -0.429. The maximum Gasteiger partial charge on any atom is 0.297 e. The van der Waals surface area contributed by atoms with Crippen molar-refractivity contribution in [1.82, 2.24) is 29.6 Å². The predicted molar refractivity (Wildman–Crippen MR) is 126 cm³/mol. The smallest absolute Gasteiger partial charge is 0.297 e. The van der Waals surface area contributed by atoms with Gasteiger partial charge in [0.1, 0.15) is 0 Å². The Hall–Kier alpha value is -3.66. The molecular weight excluding hydrogens is 438 g/mol. The number of benzene rings is 2. The van der Waals surface area contributed by atoms with E-state index < -0.39 is 5.25 Å². The quantitative estimate of drug-likeness (QED) is 0.424. The molecule has 0 spiro atoms. The summed E-state index contributed by atoms with van der Waals surface area (Å²) >= 11 is 1.25. The van der Waals surface area contributed by atoms with Crippen LogP contribution in [0, 0.1) is 6.92 Å². The third kappa shape index (κ3) is 3.56. The number of fused-ring (bicyclic) bond motifs is 1. The second kappa shape index (κ2) is 8.36. The first-order chi connectivity index (χ1) is 16.0. The molecule has 0 bridgehead atoms. The maximum atomic E-state index is 13.4. The summed E-state index contributed by atoms with van der Waals surface area (Å²) in [5.41, 5.74) is 3.72. The van der Waals surface area contributed by atoms with Crippen LogP contribution >= 0.6 is 11.8 Å². The van der Waals surface area contributed by atoms with Gasteiger partial charge in [-0.25, -0.2) is 4.68 Å². The van der Waals surface area contributed by atoms with Gasteiger partial charge in [0.25, 0.3) is 5.56 Å². The van der Waals surface area contributed by atoms with Crippen molar-refractivity contribution in [1.29, 1.82) is 0 Å². The van der Waals surface area contributed by atoms with Gasteiger partial charge in [-0.05, 0) is 54.5 Å². The third-order valence-corrected chi connectivity index (χ3v) is 6.98. The maximum absolute atomic E-state index is 13.4. The molecular formula is C23H23N7O2S. The van der Waals surface area contributed by atoms with Gasteiger partial charge in [-0.15, -0.1) is 5.10 Å². The molecule has 0 saturated carbocycles. The standard InChI is InChI=1S/C23H23N7O2S/c1-15-20(22(32)30(27(15)3)18-10-5-4-6-11-18)29-23(24-25-26-29)33-16(2)21(31)28-14-13-17-9-7-8-12-19(17)28/h4-12,16H,13-14H2,1-3H3. The molecule has 0 aliphatic carbocycles. The van der Waals surface area contributed by atoms with Crippen LogP contribution in [0.1, 0.15) is 18.2 Å². The Morgan fingerprint density at radius 1 is 1.09 bits per heavy atom. The summed E-state index contributed by atoms with van der Waals surface area (Å²) < 4.78 is 4.79. The lowest BCUT2D eigenvalue weighted by atomic mass is 10.2. The summed E-state index contributed by atoms with van der Waals surface area (Å²) in [6, 6.07) is 17.4. The van der Waals surface area contributed by atoms with Crippen LogP contribution < -0.4 is 10.5 Å². The van der Waals surface area contributed by atoms with E-state index in [1.807, 2.05) is 74.3 Å². The highest BCUT2D eigenvalue weighted by Crippen LogP contribution is 2.31. The molecule has 4 aromatic rings. The summed E-state index contributed by atoms with van der Waals surface area (Å²) in [6.07, 6.45) is 0.847. The number of carbonyl (C=O) groups is 1. The molecule has 2 aromatic heterocycles. The van der Waals surface area contributed by atoms with Gasteiger partial charge in [0, 0.05) is 19.3 Å². The fourth-order valence-corrected chi connectivity index (χ4v) is 5.04. The van der Waals surface area contributed by atoms with Crippen molar-refractivity contribution in [2.45, 2.75) is 30.7 Å². The molecule has 0 fully saturated rings. The topological polar surface area (TPSA) is 90.8 Å². The minimum absolute atomic E-state index is 0.00835. The normalized spacial score (nSPS) is 13.8. The first kappa shape index (κ1) is 21.2. The van der Waals surface area contributed by atoms with Gasteiger partial charge in [-0.3, -0.25) is 14.3 Å². The van der Waals surface area contributed by atoms with Gasteiger partial charge in [0.05, 0.1) is 16.6 Å². The van der Waals surface area contributed by atoms with Crippen molar-refractivity contribution in [2.75, 3.05) is 11.4 Å². The molecule has 9 nitrogen and oxygen atoms in total. The summed E-state index contributed by atoms with van der Waals surface area (Å²) in [5.74, 6) is -0.00835. The van der Waals surface area contributed by atoms with Crippen LogP contribution in [0.15, 0.2) is 64.5 Å². The van der Waals surface area contributed by atoms with Crippen LogP contribution in [0.2, 0.25) is 0 Å². The Bertz CT molecular complexity index is 1390. The third-order valence-electron chi connectivity index (χ3n) is 5.96. The van der Waals surface area contributed by atoms with Crippen LogP contribution in [0.3, 0.4) is 0 Å². The largest absolute Gasteiger partial charge is 0.311 e. The number of amides is 1. The number of tetrazole rings is 1. The highest BCUT2D eigenvalue weighted by Gasteiger charge is 2.30. The Labute approximate surface area is 194 Å². The molecule has 5 rings (SSSR count). The number of anilines is 1. The number of thioether (sulfide) groups is 1. The molecule has 3 heterocycles. The number of nitrogens with zero attached hydrogens (tertiary/aromatic N) is 7. The predicted octanol–water partition coefficient (Wildman–Crippen LogP) is 2.53. The van der Waals surface area contributed by atoms with Gasteiger partial charge < -0.3 is 4.90 Å². The summed E-state index contributed by atoms with van der Waals surface area (Å²) in [5, 5.41) is 12.0. The number of rotatable bonds is 5. The lowest BCUT2D eigenvalue weighted by Crippen LogP contribution is -2.35. The molecule has 1 aliphatic rings. The second-order valence-electron chi connectivity index (χ2n) is 7.91. The number of hydrogen-bond donors (Lipinski definition) is 0. The Morgan fingerprint density at radius 3 is 2.61 bits per heavy atom. The molecule has 0 saturated heterocycles. The SMILES string of the molecule is Cc1c(-n2nnnc2SC(C)C(=O)N2CCc3ccccc32)c(=O)n(-c2ccccc2)n1C. The monoisotopic (exact) mass is 461 g/mol. The zero-order valence-corrected chi connectivity index (χ0v) is 19.4. The Kier molecular flexibility index (Phi) is 5.37. The van der Waals surface area contributed by atoms with Gasteiger partial charge >= 0.3 is 0 Å². The van der Waals surface area contributed by atoms with Gasteiger partial charge in [0.2, 0.25) is 11.1 Å². The first-order valence-electron chi connectivity index (χ1n) is 10.7. The molecule has 0 N–H and O–H groups in total. The molecule has 33 heavy (non-hydrogen) atoms. The zero-order valence-electron chi connectivity index (χ0n) is 18.5. The number of para-hydroxylation sites is 2. The fourth-order valence-electron chi connectivity index (χ4n) is 4.19. The van der Waals surface area contributed by atoms with Crippen molar-refractivity contribution in [3.8, 4) is 11.4 Å². The van der Waals surface area contributed by atoms with Crippen LogP contribution in [-0.4, -0.2) is 47.3 Å². The summed E-state index contributed by atoms with van der Waals surface area (Å²) in [7, 11) is 1.82. The van der Waals surface area contributed by atoms with E-state index in [-0.39, 0.29) is 11.5 Å². The number of aromatic nitrogens is 6. The van der Waals surface area contributed by atoms with E-state index in [0.717, 1.165) is 17.8 Å². The van der Waals surface area contributed by atoms with Crippen molar-refractivity contribution >= 4 is 23.4 Å². The second-order valence-corrected chi connectivity index (χ2v) is 9.22. The number of hydrogen-bond acceptors (Lipinski definition) is 6. The highest BCUT2D eigenvalue weighted by molar-refractivity contribution is 8.00. The van der Waals surface area contributed by atoms with E-state index in [1.54, 1.807) is 9.36 Å². The fraction of sp³-hybridized carbons (Fsp3) is 0.261. The summed E-state index contributed by atoms with van der Waals surface area (Å²) in [4.78, 5) is 28.4. The van der Waals surface area contributed by atoms with Crippen molar-refractivity contribution < 1.29 is 4.79 Å². The summed E-state index contributed by atoms with van der Waals surface area (Å²) in [6.45, 7) is 4.35. The van der Waals surface area contributed by atoms with Crippen molar-refractivity contribution in [3.63, 3.8) is 0 Å². The molecule has 1 amide bonds. The average Bonchev–Trinajstić information content (AvgIpc) is 3.51. The van der Waals surface area contributed by atoms with E-state index in [9.17, 15) is 9.59 Å². The van der Waals surface area contributed by atoms with E-state index in [1.165, 1.54) is 22.0 Å². The number of carbonyl (C=O) groups excluding carboxylic acids is 1. The average molecular weight is 462 g/mol. The van der Waals surface area contributed by atoms with Gasteiger partial charge in [0.15, 0.2) is 5.69 Å². The zero-order chi connectivity index (χ0) is 23.1. The van der Waals surface area contributed by atoms with E-state index >= 15 is 0 Å². The van der Waals surface area contributed by atoms with Crippen LogP contribution in [0.5, 0.6) is 0 Å². The van der Waals surface area contributed by atoms with Gasteiger partial charge in [-0.1, -0.05) is 48.2 Å². The molecule has 1 unspecified atom stereocenters. The van der Waals surface area contributed by atoms with Crippen LogP contribution in [0.25, 0.3) is 11.4 Å². The first-order valence-corrected chi connectivity index (χ1v) is 11.5. The molecule has 1 aliphatic heterocycles. The van der Waals surface area contributed by atoms with E-state index in [2.05, 4.69) is 21.6 Å². The lowest BCUT2D eigenvalue weighted by molar-refractivity contribution is -0.117. The Morgan fingerprint density at radius 2 is 1.82 bits per heavy atom.